The van der Waals surface area contributed by atoms with Crippen molar-refractivity contribution in [1.82, 2.24) is 10.6 Å². The number of carbonyl (C=O) groups is 2. The van der Waals surface area contributed by atoms with E-state index in [-0.39, 0.29) is 24.6 Å². The molecule has 0 bridgehead atoms. The Morgan fingerprint density at radius 2 is 1.66 bits per heavy atom. The number of benzene rings is 2. The van der Waals surface area contributed by atoms with Gasteiger partial charge in [-0.1, -0.05) is 6.07 Å². The minimum absolute atomic E-state index is 0.0876. The number of non-ortho nitro benzene ring substituents is 1. The van der Waals surface area contributed by atoms with Gasteiger partial charge >= 0.3 is 0 Å². The molecule has 0 heterocycles. The molecule has 2 aromatic carbocycles. The number of carbonyl (C=O) groups excluding carboxylic acids is 2. The molecule has 2 N–H and O–H groups in total. The minimum atomic E-state index is -0.534. The molecule has 9 nitrogen and oxygen atoms in total. The van der Waals surface area contributed by atoms with Crippen molar-refractivity contribution in [3.05, 3.63) is 63.7 Å². The van der Waals surface area contributed by atoms with Crippen LogP contribution in [-0.2, 0) is 11.2 Å². The van der Waals surface area contributed by atoms with Gasteiger partial charge in [-0.25, -0.2) is 0 Å². The van der Waals surface area contributed by atoms with E-state index >= 15 is 0 Å². The molecule has 0 aliphatic carbocycles. The number of hydrogen-bond acceptors (Lipinski definition) is 6. The highest BCUT2D eigenvalue weighted by molar-refractivity contribution is 5.94. The summed E-state index contributed by atoms with van der Waals surface area (Å²) in [7, 11) is 3.13. The van der Waals surface area contributed by atoms with Crippen molar-refractivity contribution in [3.8, 4) is 11.5 Å². The van der Waals surface area contributed by atoms with Crippen molar-refractivity contribution in [3.63, 3.8) is 0 Å². The number of rotatable bonds is 10. The fraction of sp³-hybridized carbons (Fsp3) is 0.300. The van der Waals surface area contributed by atoms with Crippen LogP contribution in [0.4, 0.5) is 5.69 Å². The highest BCUT2D eigenvalue weighted by Gasteiger charge is 2.10. The third-order valence-electron chi connectivity index (χ3n) is 4.16. The van der Waals surface area contributed by atoms with Gasteiger partial charge in [0.15, 0.2) is 11.5 Å². The number of amides is 2. The lowest BCUT2D eigenvalue weighted by atomic mass is 10.1. The Kier molecular flexibility index (Phi) is 7.96. The standard InChI is InChI=1S/C20H23N3O6/c1-28-17-8-3-14(13-18(17)29-2)9-11-21-19(24)10-12-22-20(25)15-4-6-16(7-5-15)23(26)27/h3-8,13H,9-12H2,1-2H3,(H,21,24)(H,22,25). The van der Waals surface area contributed by atoms with E-state index in [2.05, 4.69) is 10.6 Å². The van der Waals surface area contributed by atoms with Crippen molar-refractivity contribution in [2.24, 2.45) is 0 Å². The molecule has 9 heteroatoms. The molecule has 2 aromatic rings. The molecular formula is C20H23N3O6. The number of hydrogen-bond donors (Lipinski definition) is 2. The number of nitrogens with one attached hydrogen (secondary N) is 2. The molecular weight excluding hydrogens is 378 g/mol. The quantitative estimate of drug-likeness (QED) is 0.465. The van der Waals surface area contributed by atoms with Crippen molar-refractivity contribution in [1.29, 1.82) is 0 Å². The lowest BCUT2D eigenvalue weighted by Crippen LogP contribution is -2.31. The van der Waals surface area contributed by atoms with Crippen LogP contribution in [0, 0.1) is 10.1 Å². The highest BCUT2D eigenvalue weighted by Crippen LogP contribution is 2.27. The third kappa shape index (κ3) is 6.49. The highest BCUT2D eigenvalue weighted by atomic mass is 16.6. The average molecular weight is 401 g/mol. The largest absolute Gasteiger partial charge is 0.493 e. The van der Waals surface area contributed by atoms with Gasteiger partial charge in [0.1, 0.15) is 0 Å². The smallest absolute Gasteiger partial charge is 0.269 e. The molecule has 0 aliphatic rings. The summed E-state index contributed by atoms with van der Waals surface area (Å²) in [5.74, 6) is 0.696. The van der Waals surface area contributed by atoms with Gasteiger partial charge in [0.25, 0.3) is 11.6 Å². The maximum absolute atomic E-state index is 12.0. The molecule has 0 spiro atoms. The van der Waals surface area contributed by atoms with E-state index in [0.29, 0.717) is 30.0 Å². The molecule has 2 rings (SSSR count). The Balaban J connectivity index is 1.70. The van der Waals surface area contributed by atoms with Gasteiger partial charge < -0.3 is 20.1 Å². The molecule has 154 valence electrons. The molecule has 0 fully saturated rings. The molecule has 0 aromatic heterocycles. The molecule has 0 unspecified atom stereocenters. The van der Waals surface area contributed by atoms with E-state index in [1.54, 1.807) is 14.2 Å². The first kappa shape index (κ1) is 21.7. The Labute approximate surface area is 168 Å². The Morgan fingerprint density at radius 1 is 0.966 bits per heavy atom. The Hall–Kier alpha value is -3.62. The van der Waals surface area contributed by atoms with Gasteiger partial charge in [0, 0.05) is 37.2 Å². The number of nitro groups is 1. The summed E-state index contributed by atoms with van der Waals surface area (Å²) in [5, 5.41) is 16.0. The number of nitrogens with zero attached hydrogens (tertiary/aromatic N) is 1. The second kappa shape index (κ2) is 10.6. The van der Waals surface area contributed by atoms with E-state index in [1.165, 1.54) is 24.3 Å². The predicted octanol–water partition coefficient (Wildman–Crippen LogP) is 2.09. The molecule has 0 saturated carbocycles. The summed E-state index contributed by atoms with van der Waals surface area (Å²) in [6, 6.07) is 10.8. The van der Waals surface area contributed by atoms with E-state index < -0.39 is 10.8 Å². The first-order valence-electron chi connectivity index (χ1n) is 8.95. The summed E-state index contributed by atoms with van der Waals surface area (Å²) in [6.45, 7) is 0.614. The van der Waals surface area contributed by atoms with Crippen LogP contribution >= 0.6 is 0 Å². The van der Waals surface area contributed by atoms with Crippen LogP contribution in [0.5, 0.6) is 11.5 Å². The van der Waals surface area contributed by atoms with Crippen LogP contribution in [0.15, 0.2) is 42.5 Å². The molecule has 29 heavy (non-hydrogen) atoms. The summed E-state index contributed by atoms with van der Waals surface area (Å²) in [6.07, 6.45) is 0.756. The van der Waals surface area contributed by atoms with Gasteiger partial charge in [-0.3, -0.25) is 19.7 Å². The topological polar surface area (TPSA) is 120 Å². The van der Waals surface area contributed by atoms with Crippen molar-refractivity contribution < 1.29 is 24.0 Å². The fourth-order valence-electron chi connectivity index (χ4n) is 2.60. The lowest BCUT2D eigenvalue weighted by Gasteiger charge is -2.10. The van der Waals surface area contributed by atoms with Crippen molar-refractivity contribution >= 4 is 17.5 Å². The van der Waals surface area contributed by atoms with Crippen molar-refractivity contribution in [2.75, 3.05) is 27.3 Å². The predicted molar refractivity (Wildman–Crippen MR) is 106 cm³/mol. The van der Waals surface area contributed by atoms with E-state index in [0.717, 1.165) is 5.56 Å². The normalized spacial score (nSPS) is 10.1. The van der Waals surface area contributed by atoms with Crippen LogP contribution in [0.1, 0.15) is 22.3 Å². The Bertz CT molecular complexity index is 867. The van der Waals surface area contributed by atoms with Gasteiger partial charge in [0.05, 0.1) is 19.1 Å². The summed E-state index contributed by atoms with van der Waals surface area (Å²) in [4.78, 5) is 34.0. The zero-order chi connectivity index (χ0) is 21.2. The Morgan fingerprint density at radius 3 is 2.28 bits per heavy atom. The molecule has 0 saturated heterocycles. The van der Waals surface area contributed by atoms with Gasteiger partial charge in [-0.2, -0.15) is 0 Å². The number of methoxy groups -OCH3 is 2. The van der Waals surface area contributed by atoms with Crippen LogP contribution in [-0.4, -0.2) is 44.0 Å². The monoisotopic (exact) mass is 401 g/mol. The molecule has 0 atom stereocenters. The first-order valence-corrected chi connectivity index (χ1v) is 8.95. The molecule has 0 radical (unpaired) electrons. The first-order chi connectivity index (χ1) is 13.9. The van der Waals surface area contributed by atoms with Crippen molar-refractivity contribution in [2.45, 2.75) is 12.8 Å². The SMILES string of the molecule is COc1ccc(CCNC(=O)CCNC(=O)c2ccc([N+](=O)[O-])cc2)cc1OC. The van der Waals surface area contributed by atoms with E-state index in [9.17, 15) is 19.7 Å². The average Bonchev–Trinajstić information content (AvgIpc) is 2.73. The van der Waals surface area contributed by atoms with Gasteiger partial charge in [0.2, 0.25) is 5.91 Å². The maximum atomic E-state index is 12.0. The number of nitro benzene ring substituents is 1. The second-order valence-electron chi connectivity index (χ2n) is 6.10. The summed E-state index contributed by atoms with van der Waals surface area (Å²) < 4.78 is 10.4. The number of ether oxygens (including phenoxy) is 2. The maximum Gasteiger partial charge on any atom is 0.269 e. The van der Waals surface area contributed by atoms with E-state index in [1.807, 2.05) is 18.2 Å². The minimum Gasteiger partial charge on any atom is -0.493 e. The van der Waals surface area contributed by atoms with Gasteiger partial charge in [-0.15, -0.1) is 0 Å². The summed E-state index contributed by atoms with van der Waals surface area (Å²) >= 11 is 0. The van der Waals surface area contributed by atoms with E-state index in [4.69, 9.17) is 9.47 Å². The zero-order valence-electron chi connectivity index (χ0n) is 16.3. The zero-order valence-corrected chi connectivity index (χ0v) is 16.3. The van der Waals surface area contributed by atoms with Crippen LogP contribution in [0.2, 0.25) is 0 Å². The van der Waals surface area contributed by atoms with Crippen LogP contribution < -0.4 is 20.1 Å². The van der Waals surface area contributed by atoms with Crippen LogP contribution in [0.25, 0.3) is 0 Å². The van der Waals surface area contributed by atoms with Crippen LogP contribution in [0.3, 0.4) is 0 Å². The summed E-state index contributed by atoms with van der Waals surface area (Å²) in [5.41, 5.74) is 1.20. The third-order valence-corrected chi connectivity index (χ3v) is 4.16. The lowest BCUT2D eigenvalue weighted by molar-refractivity contribution is -0.384. The second-order valence-corrected chi connectivity index (χ2v) is 6.10. The fourth-order valence-corrected chi connectivity index (χ4v) is 2.60. The van der Waals surface area contributed by atoms with Gasteiger partial charge in [-0.05, 0) is 36.2 Å². The molecule has 0 aliphatic heterocycles. The molecule has 2 amide bonds.